The largest absolute Gasteiger partial charge is 0.394 e. The van der Waals surface area contributed by atoms with Crippen LogP contribution in [0.2, 0.25) is 5.02 Å². The van der Waals surface area contributed by atoms with Crippen molar-refractivity contribution in [2.24, 2.45) is 17.8 Å². The highest BCUT2D eigenvalue weighted by atomic mass is 35.5. The summed E-state index contributed by atoms with van der Waals surface area (Å²) in [5, 5.41) is 11.1. The quantitative estimate of drug-likeness (QED) is 0.479. The van der Waals surface area contributed by atoms with E-state index in [-0.39, 0.29) is 36.8 Å². The molecule has 2 fully saturated rings. The molecule has 0 saturated carbocycles. The predicted octanol–water partition coefficient (Wildman–Crippen LogP) is 4.22. The number of anilines is 1. The average Bonchev–Trinajstić information content (AvgIpc) is 3.27. The van der Waals surface area contributed by atoms with E-state index in [9.17, 15) is 19.5 Å². The first-order chi connectivity index (χ1) is 20.7. The van der Waals surface area contributed by atoms with Gasteiger partial charge in [-0.3, -0.25) is 14.4 Å². The lowest BCUT2D eigenvalue weighted by Gasteiger charge is -2.41. The van der Waals surface area contributed by atoms with Crippen LogP contribution in [0, 0.1) is 17.8 Å². The molecule has 9 heteroatoms. The van der Waals surface area contributed by atoms with Gasteiger partial charge >= 0.3 is 0 Å². The zero-order chi connectivity index (χ0) is 30.5. The first-order valence-electron chi connectivity index (χ1n) is 15.0. The highest BCUT2D eigenvalue weighted by molar-refractivity contribution is 6.34. The second-order valence-corrected chi connectivity index (χ2v) is 12.7. The SMILES string of the molecule is CC[C@H](C)[C@H](CO)N1C(=O)[C@@H]2[C@@H]3C(=O)N(Cc4ccccc4)CC=C[C@]3(C)O[C@@]23C=CCN(c2ccccc2Cl)C(=O)C13. The van der Waals surface area contributed by atoms with E-state index in [1.807, 2.05) is 81.5 Å². The number of para-hydroxylation sites is 1. The number of hydrogen-bond acceptors (Lipinski definition) is 5. The maximum Gasteiger partial charge on any atom is 0.253 e. The lowest BCUT2D eigenvalue weighted by atomic mass is 9.74. The summed E-state index contributed by atoms with van der Waals surface area (Å²) >= 11 is 6.57. The van der Waals surface area contributed by atoms with Crippen LogP contribution in [-0.2, 0) is 25.7 Å². The third-order valence-electron chi connectivity index (χ3n) is 9.78. The van der Waals surface area contributed by atoms with Gasteiger partial charge in [-0.1, -0.05) is 98.6 Å². The number of carbonyl (C=O) groups is 3. The Morgan fingerprint density at radius 2 is 1.65 bits per heavy atom. The summed E-state index contributed by atoms with van der Waals surface area (Å²) in [5.74, 6) is -2.82. The van der Waals surface area contributed by atoms with Gasteiger partial charge in [-0.25, -0.2) is 0 Å². The monoisotopic (exact) mass is 603 g/mol. The Labute approximate surface area is 257 Å². The van der Waals surface area contributed by atoms with Gasteiger partial charge in [-0.05, 0) is 30.5 Å². The van der Waals surface area contributed by atoms with Gasteiger partial charge in [0.2, 0.25) is 11.8 Å². The van der Waals surface area contributed by atoms with Crippen LogP contribution in [0.4, 0.5) is 5.69 Å². The fraction of sp³-hybridized carbons (Fsp3) is 0.441. The number of nitrogens with zero attached hydrogens (tertiary/aromatic N) is 3. The predicted molar refractivity (Wildman–Crippen MR) is 164 cm³/mol. The van der Waals surface area contributed by atoms with Crippen molar-refractivity contribution in [3.8, 4) is 0 Å². The van der Waals surface area contributed by atoms with Crippen molar-refractivity contribution in [2.45, 2.75) is 57.0 Å². The number of carbonyl (C=O) groups excluding carboxylic acids is 3. The van der Waals surface area contributed by atoms with Gasteiger partial charge in [0.1, 0.15) is 11.6 Å². The standard InChI is InChI=1S/C34H38ClN3O5/c1-4-22(2)26(21-39)38-29-32(42)37(25-15-9-8-14-24(25)35)19-11-17-34(29)28(31(38)41)27-30(40)36(18-10-16-33(27,3)43-34)20-23-12-6-5-7-13-23/h5-17,22,26-29,39H,4,18-21H2,1-3H3/t22-,26-,27+,28-,29?,33-,34-/m0/s1. The van der Waals surface area contributed by atoms with Crippen LogP contribution in [0.25, 0.3) is 0 Å². The lowest BCUT2D eigenvalue weighted by Crippen LogP contribution is -2.60. The van der Waals surface area contributed by atoms with Crippen molar-refractivity contribution in [3.05, 3.63) is 89.5 Å². The topological polar surface area (TPSA) is 90.4 Å². The number of benzene rings is 2. The minimum atomic E-state index is -1.42. The molecule has 2 aromatic rings. The van der Waals surface area contributed by atoms with E-state index in [1.165, 1.54) is 4.90 Å². The number of ether oxygens (including phenoxy) is 1. The Hall–Kier alpha value is -3.46. The van der Waals surface area contributed by atoms with Crippen LogP contribution in [0.5, 0.6) is 0 Å². The van der Waals surface area contributed by atoms with Gasteiger partial charge in [-0.2, -0.15) is 0 Å². The van der Waals surface area contributed by atoms with Gasteiger partial charge < -0.3 is 24.5 Å². The number of fused-ring (bicyclic) bond motifs is 2. The number of likely N-dealkylation sites (tertiary alicyclic amines) is 1. The zero-order valence-corrected chi connectivity index (χ0v) is 25.5. The summed E-state index contributed by atoms with van der Waals surface area (Å²) in [5.41, 5.74) is -1.03. The molecule has 1 N–H and O–H groups in total. The highest BCUT2D eigenvalue weighted by Gasteiger charge is 2.75. The van der Waals surface area contributed by atoms with Gasteiger partial charge in [0, 0.05) is 19.6 Å². The van der Waals surface area contributed by atoms with E-state index >= 15 is 0 Å². The molecule has 4 aliphatic rings. The Bertz CT molecular complexity index is 1480. The second kappa shape index (κ2) is 11.2. The van der Waals surface area contributed by atoms with Crippen molar-refractivity contribution < 1.29 is 24.2 Å². The van der Waals surface area contributed by atoms with Gasteiger partial charge in [0.15, 0.2) is 0 Å². The van der Waals surface area contributed by atoms with Crippen molar-refractivity contribution >= 4 is 35.0 Å². The smallest absolute Gasteiger partial charge is 0.253 e. The van der Waals surface area contributed by atoms with Crippen LogP contribution < -0.4 is 4.90 Å². The van der Waals surface area contributed by atoms with Crippen LogP contribution in [-0.4, -0.2) is 75.6 Å². The third-order valence-corrected chi connectivity index (χ3v) is 10.1. The fourth-order valence-corrected chi connectivity index (χ4v) is 7.75. The maximum absolute atomic E-state index is 14.8. The van der Waals surface area contributed by atoms with Crippen LogP contribution in [0.1, 0.15) is 32.8 Å². The number of aliphatic hydroxyl groups excluding tert-OH is 1. The molecule has 6 rings (SSSR count). The molecular formula is C34H38ClN3O5. The number of aliphatic hydroxyl groups is 1. The Balaban J connectivity index is 1.48. The molecule has 7 atom stereocenters. The van der Waals surface area contributed by atoms with Crippen LogP contribution in [0.15, 0.2) is 78.9 Å². The summed E-state index contributed by atoms with van der Waals surface area (Å²) in [7, 11) is 0. The maximum atomic E-state index is 14.8. The molecule has 3 amide bonds. The second-order valence-electron chi connectivity index (χ2n) is 12.3. The molecule has 43 heavy (non-hydrogen) atoms. The third kappa shape index (κ3) is 4.62. The molecule has 4 heterocycles. The molecule has 8 nitrogen and oxygen atoms in total. The van der Waals surface area contributed by atoms with E-state index in [4.69, 9.17) is 16.3 Å². The van der Waals surface area contributed by atoms with E-state index in [0.717, 1.165) is 5.56 Å². The van der Waals surface area contributed by atoms with Crippen molar-refractivity contribution in [2.75, 3.05) is 24.6 Å². The molecular weight excluding hydrogens is 566 g/mol. The first kappa shape index (κ1) is 29.6. The van der Waals surface area contributed by atoms with E-state index in [2.05, 4.69) is 0 Å². The number of rotatable bonds is 7. The minimum Gasteiger partial charge on any atom is -0.394 e. The van der Waals surface area contributed by atoms with Crippen molar-refractivity contribution in [1.82, 2.24) is 9.80 Å². The molecule has 0 aromatic heterocycles. The van der Waals surface area contributed by atoms with Gasteiger partial charge in [-0.15, -0.1) is 0 Å². The summed E-state index contributed by atoms with van der Waals surface area (Å²) < 4.78 is 6.95. The molecule has 0 aliphatic carbocycles. The Morgan fingerprint density at radius 3 is 2.35 bits per heavy atom. The van der Waals surface area contributed by atoms with E-state index in [1.54, 1.807) is 28.0 Å². The number of hydrogen-bond donors (Lipinski definition) is 1. The van der Waals surface area contributed by atoms with Crippen molar-refractivity contribution in [1.29, 1.82) is 0 Å². The fourth-order valence-electron chi connectivity index (χ4n) is 7.52. The highest BCUT2D eigenvalue weighted by Crippen LogP contribution is 2.58. The van der Waals surface area contributed by atoms with E-state index in [0.29, 0.717) is 30.2 Å². The molecule has 2 saturated heterocycles. The Morgan fingerprint density at radius 1 is 0.953 bits per heavy atom. The lowest BCUT2D eigenvalue weighted by molar-refractivity contribution is -0.152. The molecule has 1 spiro atoms. The summed E-state index contributed by atoms with van der Waals surface area (Å²) in [6.07, 6.45) is 8.15. The normalized spacial score (nSPS) is 31.4. The summed E-state index contributed by atoms with van der Waals surface area (Å²) in [6.45, 7) is 6.46. The van der Waals surface area contributed by atoms with Crippen molar-refractivity contribution in [3.63, 3.8) is 0 Å². The van der Waals surface area contributed by atoms with Crippen LogP contribution >= 0.6 is 11.6 Å². The summed E-state index contributed by atoms with van der Waals surface area (Å²) in [6, 6.07) is 15.1. The van der Waals surface area contributed by atoms with Gasteiger partial charge in [0.25, 0.3) is 5.91 Å². The van der Waals surface area contributed by atoms with E-state index < -0.39 is 35.1 Å². The summed E-state index contributed by atoms with van der Waals surface area (Å²) in [4.78, 5) is 48.8. The molecule has 226 valence electrons. The Kier molecular flexibility index (Phi) is 7.73. The molecule has 0 bridgehead atoms. The first-order valence-corrected chi connectivity index (χ1v) is 15.4. The minimum absolute atomic E-state index is 0.107. The number of amides is 3. The van der Waals surface area contributed by atoms with Gasteiger partial charge in [0.05, 0.1) is 40.8 Å². The zero-order valence-electron chi connectivity index (χ0n) is 24.7. The molecule has 0 radical (unpaired) electrons. The average molecular weight is 604 g/mol. The number of halogens is 1. The molecule has 4 aliphatic heterocycles. The van der Waals surface area contributed by atoms with Crippen LogP contribution in [0.3, 0.4) is 0 Å². The molecule has 2 aromatic carbocycles. The molecule has 1 unspecified atom stereocenters.